The Labute approximate surface area is 83.7 Å². The fraction of sp³-hybridized carbons (Fsp3) is 0.700. The summed E-state index contributed by atoms with van der Waals surface area (Å²) in [7, 11) is 0. The minimum absolute atomic E-state index is 0.0700. The van der Waals surface area contributed by atoms with E-state index in [4.69, 9.17) is 4.74 Å². The van der Waals surface area contributed by atoms with E-state index in [1.165, 1.54) is 0 Å². The molecule has 0 aromatic carbocycles. The quantitative estimate of drug-likeness (QED) is 0.516. The van der Waals surface area contributed by atoms with Crippen molar-refractivity contribution in [3.63, 3.8) is 0 Å². The first-order valence-corrected chi connectivity index (χ1v) is 5.80. The molecule has 0 aliphatic heterocycles. The molecule has 0 heterocycles. The van der Waals surface area contributed by atoms with Crippen LogP contribution in [0.1, 0.15) is 20.3 Å². The van der Waals surface area contributed by atoms with Crippen molar-refractivity contribution >= 4 is 17.7 Å². The molecule has 0 aromatic heterocycles. The van der Waals surface area contributed by atoms with Crippen molar-refractivity contribution in [2.45, 2.75) is 25.5 Å². The number of hydrogen-bond donors (Lipinski definition) is 0. The Hall–Kier alpha value is -0.440. The molecule has 0 saturated carbocycles. The van der Waals surface area contributed by atoms with Crippen LogP contribution in [0.4, 0.5) is 0 Å². The molecule has 13 heavy (non-hydrogen) atoms. The molecule has 0 saturated heterocycles. The fourth-order valence-electron chi connectivity index (χ4n) is 1.60. The van der Waals surface area contributed by atoms with Gasteiger partial charge < -0.3 is 4.74 Å². The third-order valence-electron chi connectivity index (χ3n) is 2.48. The first-order chi connectivity index (χ1) is 6.15. The molecular formula is C10H16O2S. The van der Waals surface area contributed by atoms with Crippen molar-refractivity contribution in [1.29, 1.82) is 0 Å². The summed E-state index contributed by atoms with van der Waals surface area (Å²) in [6.45, 7) is 4.29. The van der Waals surface area contributed by atoms with E-state index in [1.54, 1.807) is 11.8 Å². The molecule has 3 heteroatoms. The van der Waals surface area contributed by atoms with Gasteiger partial charge in [0.05, 0.1) is 12.0 Å². The topological polar surface area (TPSA) is 26.3 Å². The fourth-order valence-corrected chi connectivity index (χ4v) is 2.58. The van der Waals surface area contributed by atoms with E-state index in [0.717, 1.165) is 6.42 Å². The van der Waals surface area contributed by atoms with Crippen LogP contribution in [-0.4, -0.2) is 24.1 Å². The number of carbonyl (C=O) groups is 1. The van der Waals surface area contributed by atoms with Crippen LogP contribution in [0.2, 0.25) is 0 Å². The molecule has 1 rings (SSSR count). The van der Waals surface area contributed by atoms with Gasteiger partial charge in [0.15, 0.2) is 0 Å². The highest BCUT2D eigenvalue weighted by Crippen LogP contribution is 2.40. The third-order valence-corrected chi connectivity index (χ3v) is 3.66. The lowest BCUT2D eigenvalue weighted by Gasteiger charge is -2.27. The van der Waals surface area contributed by atoms with Crippen molar-refractivity contribution in [3.05, 3.63) is 12.2 Å². The van der Waals surface area contributed by atoms with Crippen molar-refractivity contribution < 1.29 is 9.53 Å². The molecule has 0 spiro atoms. The second-order valence-corrected chi connectivity index (χ2v) is 4.41. The zero-order valence-electron chi connectivity index (χ0n) is 8.37. The maximum atomic E-state index is 11.7. The van der Waals surface area contributed by atoms with Crippen molar-refractivity contribution in [2.24, 2.45) is 5.41 Å². The number of ether oxygens (including phenoxy) is 1. The van der Waals surface area contributed by atoms with E-state index in [9.17, 15) is 4.79 Å². The molecule has 0 amide bonds. The van der Waals surface area contributed by atoms with Crippen LogP contribution < -0.4 is 0 Å². The van der Waals surface area contributed by atoms with Gasteiger partial charge in [0, 0.05) is 5.25 Å². The Bertz CT molecular complexity index is 225. The summed E-state index contributed by atoms with van der Waals surface area (Å²) in [6, 6.07) is 0. The minimum atomic E-state index is -0.338. The highest BCUT2D eigenvalue weighted by molar-refractivity contribution is 7.99. The highest BCUT2D eigenvalue weighted by Gasteiger charge is 2.43. The van der Waals surface area contributed by atoms with Crippen LogP contribution in [0.5, 0.6) is 0 Å². The van der Waals surface area contributed by atoms with E-state index in [0.29, 0.717) is 6.61 Å². The van der Waals surface area contributed by atoms with Crippen LogP contribution in [0.15, 0.2) is 12.2 Å². The van der Waals surface area contributed by atoms with Gasteiger partial charge in [-0.25, -0.2) is 0 Å². The zero-order valence-corrected chi connectivity index (χ0v) is 9.19. The summed E-state index contributed by atoms with van der Waals surface area (Å²) >= 11 is 1.71. The van der Waals surface area contributed by atoms with E-state index in [1.807, 2.05) is 20.1 Å². The molecule has 74 valence electrons. The average molecular weight is 200 g/mol. The molecule has 2 atom stereocenters. The summed E-state index contributed by atoms with van der Waals surface area (Å²) in [5, 5.41) is 0.270. The average Bonchev–Trinajstić information content (AvgIpc) is 2.48. The molecule has 0 unspecified atom stereocenters. The number of rotatable bonds is 3. The van der Waals surface area contributed by atoms with Gasteiger partial charge in [-0.05, 0) is 26.5 Å². The Morgan fingerprint density at radius 2 is 2.46 bits per heavy atom. The van der Waals surface area contributed by atoms with E-state index >= 15 is 0 Å². The molecule has 1 aliphatic rings. The highest BCUT2D eigenvalue weighted by atomic mass is 32.2. The van der Waals surface area contributed by atoms with Crippen molar-refractivity contribution in [1.82, 2.24) is 0 Å². The predicted molar refractivity (Wildman–Crippen MR) is 55.8 cm³/mol. The monoisotopic (exact) mass is 200 g/mol. The van der Waals surface area contributed by atoms with Crippen LogP contribution in [-0.2, 0) is 9.53 Å². The van der Waals surface area contributed by atoms with Gasteiger partial charge in [0.25, 0.3) is 0 Å². The van der Waals surface area contributed by atoms with Crippen molar-refractivity contribution in [2.75, 3.05) is 12.9 Å². The lowest BCUT2D eigenvalue weighted by Crippen LogP contribution is -2.35. The van der Waals surface area contributed by atoms with Crippen LogP contribution in [0.3, 0.4) is 0 Å². The summed E-state index contributed by atoms with van der Waals surface area (Å²) in [5.41, 5.74) is -0.338. The molecule has 0 bridgehead atoms. The number of thioether (sulfide) groups is 1. The molecule has 1 aliphatic carbocycles. The summed E-state index contributed by atoms with van der Waals surface area (Å²) in [5.74, 6) is -0.0700. The van der Waals surface area contributed by atoms with Gasteiger partial charge >= 0.3 is 5.97 Å². The molecular weight excluding hydrogens is 184 g/mol. The Kier molecular flexibility index (Phi) is 3.42. The van der Waals surface area contributed by atoms with Gasteiger partial charge in [-0.3, -0.25) is 4.79 Å². The van der Waals surface area contributed by atoms with Crippen LogP contribution in [0.25, 0.3) is 0 Å². The smallest absolute Gasteiger partial charge is 0.313 e. The second-order valence-electron chi connectivity index (χ2n) is 3.43. The van der Waals surface area contributed by atoms with E-state index in [-0.39, 0.29) is 16.6 Å². The van der Waals surface area contributed by atoms with Crippen molar-refractivity contribution in [3.8, 4) is 0 Å². The molecule has 0 N–H and O–H groups in total. The SMILES string of the molecule is CCOC(=O)[C@]1(C)CC=C[C@@H]1SC. The predicted octanol–water partition coefficient (Wildman–Crippen LogP) is 2.25. The molecule has 0 fully saturated rings. The lowest BCUT2D eigenvalue weighted by atomic mass is 9.88. The molecule has 0 radical (unpaired) electrons. The van der Waals surface area contributed by atoms with Gasteiger partial charge in [-0.2, -0.15) is 11.8 Å². The molecule has 0 aromatic rings. The third kappa shape index (κ3) is 1.90. The van der Waals surface area contributed by atoms with Gasteiger partial charge in [-0.1, -0.05) is 12.2 Å². The largest absolute Gasteiger partial charge is 0.466 e. The first kappa shape index (κ1) is 10.6. The number of hydrogen-bond acceptors (Lipinski definition) is 3. The number of allylic oxidation sites excluding steroid dienone is 1. The Morgan fingerprint density at radius 1 is 1.77 bits per heavy atom. The number of esters is 1. The summed E-state index contributed by atoms with van der Waals surface area (Å²) in [6.07, 6.45) is 6.99. The van der Waals surface area contributed by atoms with E-state index < -0.39 is 0 Å². The summed E-state index contributed by atoms with van der Waals surface area (Å²) in [4.78, 5) is 11.7. The Balaban J connectivity index is 2.70. The van der Waals surface area contributed by atoms with Crippen LogP contribution >= 0.6 is 11.8 Å². The normalized spacial score (nSPS) is 32.1. The zero-order chi connectivity index (χ0) is 9.90. The molecule has 2 nitrogen and oxygen atoms in total. The van der Waals surface area contributed by atoms with Gasteiger partial charge in [-0.15, -0.1) is 0 Å². The van der Waals surface area contributed by atoms with E-state index in [2.05, 4.69) is 12.2 Å². The first-order valence-electron chi connectivity index (χ1n) is 4.52. The minimum Gasteiger partial charge on any atom is -0.466 e. The van der Waals surface area contributed by atoms with Crippen LogP contribution in [0, 0.1) is 5.41 Å². The Morgan fingerprint density at radius 3 is 3.00 bits per heavy atom. The maximum absolute atomic E-state index is 11.7. The van der Waals surface area contributed by atoms with Gasteiger partial charge in [0.2, 0.25) is 0 Å². The lowest BCUT2D eigenvalue weighted by molar-refractivity contribution is -0.153. The standard InChI is InChI=1S/C10H16O2S/c1-4-12-9(11)10(2)7-5-6-8(10)13-3/h5-6,8H,4,7H2,1-3H3/t8-,10+/m0/s1. The summed E-state index contributed by atoms with van der Waals surface area (Å²) < 4.78 is 5.07. The maximum Gasteiger partial charge on any atom is 0.313 e. The van der Waals surface area contributed by atoms with Gasteiger partial charge in [0.1, 0.15) is 0 Å². The number of carbonyl (C=O) groups excluding carboxylic acids is 1. The second kappa shape index (κ2) is 4.18.